The van der Waals surface area contributed by atoms with E-state index in [2.05, 4.69) is 11.5 Å². The van der Waals surface area contributed by atoms with Gasteiger partial charge in [0.1, 0.15) is 11.5 Å². The van der Waals surface area contributed by atoms with Crippen molar-refractivity contribution in [1.29, 1.82) is 0 Å². The summed E-state index contributed by atoms with van der Waals surface area (Å²) in [6.45, 7) is 0. The van der Waals surface area contributed by atoms with E-state index in [-0.39, 0.29) is 6.04 Å². The Morgan fingerprint density at radius 3 is 2.35 bits per heavy atom. The molecule has 1 atom stereocenters. The lowest BCUT2D eigenvalue weighted by atomic mass is 9.91. The second-order valence-corrected chi connectivity index (χ2v) is 5.18. The number of hydrogen-bond donors (Lipinski definition) is 2. The molecule has 0 heterocycles. The first kappa shape index (κ1) is 14.9. The van der Waals surface area contributed by atoms with Gasteiger partial charge in [0.25, 0.3) is 0 Å². The lowest BCUT2D eigenvalue weighted by Crippen LogP contribution is -2.28. The first-order chi connectivity index (χ1) is 9.76. The molecular weight excluding hydrogens is 252 g/mol. The molecule has 1 aliphatic carbocycles. The van der Waals surface area contributed by atoms with Gasteiger partial charge < -0.3 is 9.47 Å². The van der Waals surface area contributed by atoms with Crippen LogP contribution in [0.1, 0.15) is 43.7 Å². The second kappa shape index (κ2) is 7.31. The van der Waals surface area contributed by atoms with E-state index in [9.17, 15) is 0 Å². The molecule has 3 N–H and O–H groups in total. The molecule has 1 aromatic rings. The van der Waals surface area contributed by atoms with E-state index < -0.39 is 0 Å². The number of benzene rings is 1. The fourth-order valence-corrected chi connectivity index (χ4v) is 2.66. The molecule has 0 spiro atoms. The number of hydrogen-bond acceptors (Lipinski definition) is 4. The Bertz CT molecular complexity index is 449. The molecule has 1 unspecified atom stereocenters. The highest BCUT2D eigenvalue weighted by Gasteiger charge is 2.15. The van der Waals surface area contributed by atoms with E-state index in [1.54, 1.807) is 14.2 Å². The average molecular weight is 276 g/mol. The molecule has 0 saturated heterocycles. The van der Waals surface area contributed by atoms with E-state index in [0.717, 1.165) is 23.5 Å². The van der Waals surface area contributed by atoms with Gasteiger partial charge in [0.2, 0.25) is 0 Å². The summed E-state index contributed by atoms with van der Waals surface area (Å²) >= 11 is 0. The van der Waals surface area contributed by atoms with Crippen LogP contribution >= 0.6 is 0 Å². The third-order valence-corrected chi connectivity index (χ3v) is 3.83. The number of nitrogens with one attached hydrogen (secondary N) is 1. The summed E-state index contributed by atoms with van der Waals surface area (Å²) in [6, 6.07) is 5.98. The van der Waals surface area contributed by atoms with Gasteiger partial charge in [-0.1, -0.05) is 11.6 Å². The largest absolute Gasteiger partial charge is 0.497 e. The summed E-state index contributed by atoms with van der Waals surface area (Å²) in [6.07, 6.45) is 8.24. The Kier molecular flexibility index (Phi) is 5.44. The summed E-state index contributed by atoms with van der Waals surface area (Å²) < 4.78 is 10.6. The standard InChI is InChI=1S/C16H24N2O2/c1-19-14-9-13(10-15(11-14)20-2)16(18-17)8-12-6-4-3-5-7-12/h6,9-11,16,18H,3-5,7-8,17H2,1-2H3. The fraction of sp³-hybridized carbons (Fsp3) is 0.500. The van der Waals surface area contributed by atoms with E-state index in [4.69, 9.17) is 15.3 Å². The maximum absolute atomic E-state index is 5.75. The van der Waals surface area contributed by atoms with Crippen molar-refractivity contribution >= 4 is 0 Å². The maximum Gasteiger partial charge on any atom is 0.122 e. The highest BCUT2D eigenvalue weighted by atomic mass is 16.5. The smallest absolute Gasteiger partial charge is 0.122 e. The molecule has 0 amide bonds. The van der Waals surface area contributed by atoms with Crippen molar-refractivity contribution in [2.75, 3.05) is 14.2 Å². The molecule has 0 radical (unpaired) electrons. The topological polar surface area (TPSA) is 56.5 Å². The summed E-state index contributed by atoms with van der Waals surface area (Å²) in [5.41, 5.74) is 5.50. The number of ether oxygens (including phenoxy) is 2. The molecule has 0 fully saturated rings. The number of methoxy groups -OCH3 is 2. The van der Waals surface area contributed by atoms with Crippen molar-refractivity contribution in [1.82, 2.24) is 5.43 Å². The number of nitrogens with two attached hydrogens (primary N) is 1. The average Bonchev–Trinajstić information content (AvgIpc) is 2.53. The highest BCUT2D eigenvalue weighted by Crippen LogP contribution is 2.31. The number of rotatable bonds is 6. The molecule has 1 aliphatic rings. The molecule has 4 heteroatoms. The quantitative estimate of drug-likeness (QED) is 0.476. The van der Waals surface area contributed by atoms with Crippen molar-refractivity contribution in [3.8, 4) is 11.5 Å². The molecule has 20 heavy (non-hydrogen) atoms. The molecule has 1 aromatic carbocycles. The first-order valence-electron chi connectivity index (χ1n) is 7.14. The van der Waals surface area contributed by atoms with Crippen molar-refractivity contribution < 1.29 is 9.47 Å². The fourth-order valence-electron chi connectivity index (χ4n) is 2.66. The minimum atomic E-state index is 0.0864. The minimum absolute atomic E-state index is 0.0864. The minimum Gasteiger partial charge on any atom is -0.497 e. The van der Waals surface area contributed by atoms with Crippen molar-refractivity contribution in [2.24, 2.45) is 5.84 Å². The van der Waals surface area contributed by atoms with E-state index in [0.29, 0.717) is 0 Å². The van der Waals surface area contributed by atoms with Gasteiger partial charge in [0.05, 0.1) is 14.2 Å². The first-order valence-corrected chi connectivity index (χ1v) is 7.14. The molecular formula is C16H24N2O2. The van der Waals surface area contributed by atoms with Gasteiger partial charge in [-0.05, 0) is 49.8 Å². The third kappa shape index (κ3) is 3.74. The van der Waals surface area contributed by atoms with E-state index in [1.165, 1.54) is 31.3 Å². The van der Waals surface area contributed by atoms with Gasteiger partial charge in [-0.25, -0.2) is 0 Å². The Morgan fingerprint density at radius 1 is 1.15 bits per heavy atom. The van der Waals surface area contributed by atoms with Gasteiger partial charge in [0, 0.05) is 12.1 Å². The number of allylic oxidation sites excluding steroid dienone is 1. The van der Waals surface area contributed by atoms with Crippen LogP contribution in [0.2, 0.25) is 0 Å². The Labute approximate surface area is 120 Å². The summed E-state index contributed by atoms with van der Waals surface area (Å²) in [5, 5.41) is 0. The van der Waals surface area contributed by atoms with E-state index in [1.807, 2.05) is 18.2 Å². The van der Waals surface area contributed by atoms with Crippen LogP contribution in [0.4, 0.5) is 0 Å². The normalized spacial score (nSPS) is 16.4. The van der Waals surface area contributed by atoms with E-state index >= 15 is 0 Å². The van der Waals surface area contributed by atoms with Crippen molar-refractivity contribution in [3.63, 3.8) is 0 Å². The Morgan fingerprint density at radius 2 is 1.85 bits per heavy atom. The van der Waals surface area contributed by atoms with Crippen LogP contribution in [0.3, 0.4) is 0 Å². The van der Waals surface area contributed by atoms with Crippen LogP contribution in [-0.2, 0) is 0 Å². The van der Waals surface area contributed by atoms with Gasteiger partial charge >= 0.3 is 0 Å². The lowest BCUT2D eigenvalue weighted by Gasteiger charge is -2.21. The highest BCUT2D eigenvalue weighted by molar-refractivity contribution is 5.40. The molecule has 0 aliphatic heterocycles. The molecule has 2 rings (SSSR count). The van der Waals surface area contributed by atoms with Crippen LogP contribution in [0, 0.1) is 0 Å². The molecule has 4 nitrogen and oxygen atoms in total. The Balaban J connectivity index is 2.19. The summed E-state index contributed by atoms with van der Waals surface area (Å²) in [7, 11) is 3.32. The van der Waals surface area contributed by atoms with Gasteiger partial charge in [-0.15, -0.1) is 0 Å². The maximum atomic E-state index is 5.75. The van der Waals surface area contributed by atoms with Crippen LogP contribution in [-0.4, -0.2) is 14.2 Å². The number of hydrazine groups is 1. The predicted molar refractivity (Wildman–Crippen MR) is 80.8 cm³/mol. The zero-order valence-corrected chi connectivity index (χ0v) is 12.3. The monoisotopic (exact) mass is 276 g/mol. The second-order valence-electron chi connectivity index (χ2n) is 5.18. The van der Waals surface area contributed by atoms with Gasteiger partial charge in [0.15, 0.2) is 0 Å². The molecule has 0 saturated carbocycles. The van der Waals surface area contributed by atoms with Crippen molar-refractivity contribution in [2.45, 2.75) is 38.1 Å². The summed E-state index contributed by atoms with van der Waals surface area (Å²) in [4.78, 5) is 0. The van der Waals surface area contributed by atoms with Crippen LogP contribution in [0.15, 0.2) is 29.8 Å². The predicted octanol–water partition coefficient (Wildman–Crippen LogP) is 3.10. The molecule has 0 aromatic heterocycles. The van der Waals surface area contributed by atoms with Gasteiger partial charge in [-0.3, -0.25) is 11.3 Å². The zero-order chi connectivity index (χ0) is 14.4. The molecule has 110 valence electrons. The lowest BCUT2D eigenvalue weighted by molar-refractivity contribution is 0.391. The van der Waals surface area contributed by atoms with Crippen LogP contribution in [0.5, 0.6) is 11.5 Å². The zero-order valence-electron chi connectivity index (χ0n) is 12.3. The molecule has 0 bridgehead atoms. The SMILES string of the molecule is COc1cc(OC)cc(C(CC2=CCCCC2)NN)c1. The van der Waals surface area contributed by atoms with Crippen LogP contribution < -0.4 is 20.7 Å². The Hall–Kier alpha value is -1.52. The third-order valence-electron chi connectivity index (χ3n) is 3.83. The van der Waals surface area contributed by atoms with Crippen molar-refractivity contribution in [3.05, 3.63) is 35.4 Å². The van der Waals surface area contributed by atoms with Crippen LogP contribution in [0.25, 0.3) is 0 Å². The van der Waals surface area contributed by atoms with Gasteiger partial charge in [-0.2, -0.15) is 0 Å². The summed E-state index contributed by atoms with van der Waals surface area (Å²) in [5.74, 6) is 7.32.